The van der Waals surface area contributed by atoms with Crippen molar-refractivity contribution in [3.05, 3.63) is 30.1 Å². The van der Waals surface area contributed by atoms with Crippen molar-refractivity contribution in [1.29, 1.82) is 0 Å². The van der Waals surface area contributed by atoms with Crippen LogP contribution in [0.5, 0.6) is 0 Å². The first kappa shape index (κ1) is 11.2. The predicted octanol–water partition coefficient (Wildman–Crippen LogP) is 0.213. The molecule has 1 heterocycles. The van der Waals surface area contributed by atoms with Crippen molar-refractivity contribution in [2.24, 2.45) is 0 Å². The summed E-state index contributed by atoms with van der Waals surface area (Å²) in [6, 6.07) is 4.36. The first-order chi connectivity index (χ1) is 7.09. The van der Waals surface area contributed by atoms with E-state index in [-0.39, 0.29) is 12.3 Å². The third kappa shape index (κ3) is 3.76. The topological polar surface area (TPSA) is 79.3 Å². The van der Waals surface area contributed by atoms with Crippen molar-refractivity contribution < 1.29 is 14.7 Å². The van der Waals surface area contributed by atoms with Crippen molar-refractivity contribution in [3.63, 3.8) is 0 Å². The number of hydrogen-bond acceptors (Lipinski definition) is 3. The number of aliphatic carboxylic acids is 1. The summed E-state index contributed by atoms with van der Waals surface area (Å²) in [5.74, 6) is -1.40. The Balaban J connectivity index is 2.47. The number of carbonyl (C=O) groups is 2. The zero-order valence-corrected chi connectivity index (χ0v) is 8.30. The van der Waals surface area contributed by atoms with E-state index in [1.165, 1.54) is 6.92 Å². The van der Waals surface area contributed by atoms with Gasteiger partial charge in [-0.15, -0.1) is 0 Å². The van der Waals surface area contributed by atoms with E-state index in [9.17, 15) is 9.59 Å². The molecule has 0 aliphatic rings. The van der Waals surface area contributed by atoms with Gasteiger partial charge in [0.05, 0.1) is 6.42 Å². The average molecular weight is 208 g/mol. The third-order valence-corrected chi connectivity index (χ3v) is 1.82. The van der Waals surface area contributed by atoms with Gasteiger partial charge in [0.15, 0.2) is 0 Å². The molecule has 80 valence electrons. The molecule has 15 heavy (non-hydrogen) atoms. The molecule has 0 saturated carbocycles. The van der Waals surface area contributed by atoms with E-state index in [1.807, 2.05) is 0 Å². The number of nitrogens with zero attached hydrogens (tertiary/aromatic N) is 1. The molecule has 1 aromatic rings. The molecular weight excluding hydrogens is 196 g/mol. The molecule has 0 radical (unpaired) electrons. The normalized spacial score (nSPS) is 11.8. The van der Waals surface area contributed by atoms with Gasteiger partial charge in [-0.25, -0.2) is 0 Å². The fraction of sp³-hybridized carbons (Fsp3) is 0.300. The van der Waals surface area contributed by atoms with Crippen LogP contribution in [0.15, 0.2) is 24.4 Å². The number of rotatable bonds is 4. The lowest BCUT2D eigenvalue weighted by molar-refractivity contribution is -0.141. The molecule has 0 aliphatic heterocycles. The standard InChI is InChI=1S/C10H12N2O3/c1-7(10(14)15)12-9(13)6-8-4-2-3-5-11-8/h2-5,7H,6H2,1H3,(H,12,13)(H,14,15). The SMILES string of the molecule is CC(NC(=O)Cc1ccccn1)C(=O)O. The molecule has 5 heteroatoms. The summed E-state index contributed by atoms with van der Waals surface area (Å²) in [5.41, 5.74) is 0.618. The van der Waals surface area contributed by atoms with Gasteiger partial charge in [0.1, 0.15) is 6.04 Å². The molecule has 1 aromatic heterocycles. The molecule has 1 unspecified atom stereocenters. The Morgan fingerprint density at radius 1 is 1.53 bits per heavy atom. The number of aromatic nitrogens is 1. The zero-order chi connectivity index (χ0) is 11.3. The van der Waals surface area contributed by atoms with E-state index in [4.69, 9.17) is 5.11 Å². The van der Waals surface area contributed by atoms with E-state index >= 15 is 0 Å². The van der Waals surface area contributed by atoms with Crippen LogP contribution in [0.25, 0.3) is 0 Å². The van der Waals surface area contributed by atoms with E-state index in [1.54, 1.807) is 24.4 Å². The van der Waals surface area contributed by atoms with Crippen LogP contribution in [-0.2, 0) is 16.0 Å². The van der Waals surface area contributed by atoms with Gasteiger partial charge >= 0.3 is 5.97 Å². The Morgan fingerprint density at radius 3 is 2.80 bits per heavy atom. The molecule has 1 amide bonds. The molecule has 0 bridgehead atoms. The van der Waals surface area contributed by atoms with Crippen molar-refractivity contribution in [1.82, 2.24) is 10.3 Å². The maximum Gasteiger partial charge on any atom is 0.325 e. The lowest BCUT2D eigenvalue weighted by atomic mass is 10.2. The van der Waals surface area contributed by atoms with Crippen LogP contribution in [0.3, 0.4) is 0 Å². The Kier molecular flexibility index (Phi) is 3.79. The van der Waals surface area contributed by atoms with Gasteiger partial charge in [0, 0.05) is 11.9 Å². The molecule has 5 nitrogen and oxygen atoms in total. The summed E-state index contributed by atoms with van der Waals surface area (Å²) in [7, 11) is 0. The minimum atomic E-state index is -1.05. The fourth-order valence-electron chi connectivity index (χ4n) is 1.02. The lowest BCUT2D eigenvalue weighted by Crippen LogP contribution is -2.39. The molecule has 0 aliphatic carbocycles. The third-order valence-electron chi connectivity index (χ3n) is 1.82. The summed E-state index contributed by atoms with van der Waals surface area (Å²) >= 11 is 0. The molecule has 0 spiro atoms. The lowest BCUT2D eigenvalue weighted by Gasteiger charge is -2.08. The van der Waals surface area contributed by atoms with E-state index in [0.29, 0.717) is 5.69 Å². The van der Waals surface area contributed by atoms with Gasteiger partial charge in [-0.05, 0) is 19.1 Å². The summed E-state index contributed by atoms with van der Waals surface area (Å²) in [6.45, 7) is 1.42. The molecule has 1 rings (SSSR count). The van der Waals surface area contributed by atoms with Crippen molar-refractivity contribution in [2.45, 2.75) is 19.4 Å². The van der Waals surface area contributed by atoms with Gasteiger partial charge < -0.3 is 10.4 Å². The van der Waals surface area contributed by atoms with Crippen molar-refractivity contribution >= 4 is 11.9 Å². The van der Waals surface area contributed by atoms with Gasteiger partial charge in [-0.3, -0.25) is 14.6 Å². The van der Waals surface area contributed by atoms with E-state index in [2.05, 4.69) is 10.3 Å². The largest absolute Gasteiger partial charge is 0.480 e. The highest BCUT2D eigenvalue weighted by Gasteiger charge is 2.13. The minimum Gasteiger partial charge on any atom is -0.480 e. The highest BCUT2D eigenvalue weighted by molar-refractivity contribution is 5.84. The number of hydrogen-bond donors (Lipinski definition) is 2. The minimum absolute atomic E-state index is 0.0957. The summed E-state index contributed by atoms with van der Waals surface area (Å²) < 4.78 is 0. The van der Waals surface area contributed by atoms with Crippen LogP contribution < -0.4 is 5.32 Å². The van der Waals surface area contributed by atoms with Crippen LogP contribution >= 0.6 is 0 Å². The van der Waals surface area contributed by atoms with Gasteiger partial charge in [0.25, 0.3) is 0 Å². The molecule has 1 atom stereocenters. The Labute approximate surface area is 87.1 Å². The number of carboxylic acids is 1. The monoisotopic (exact) mass is 208 g/mol. The number of amides is 1. The second kappa shape index (κ2) is 5.09. The molecular formula is C10H12N2O3. The van der Waals surface area contributed by atoms with Crippen LogP contribution in [0.2, 0.25) is 0 Å². The predicted molar refractivity (Wildman–Crippen MR) is 53.2 cm³/mol. The van der Waals surface area contributed by atoms with Crippen molar-refractivity contribution in [2.75, 3.05) is 0 Å². The van der Waals surface area contributed by atoms with E-state index in [0.717, 1.165) is 0 Å². The van der Waals surface area contributed by atoms with Crippen LogP contribution in [0, 0.1) is 0 Å². The maximum absolute atomic E-state index is 11.3. The Morgan fingerprint density at radius 2 is 2.27 bits per heavy atom. The summed E-state index contributed by atoms with van der Waals surface area (Å²) in [5, 5.41) is 10.9. The smallest absolute Gasteiger partial charge is 0.325 e. The fourth-order valence-corrected chi connectivity index (χ4v) is 1.02. The van der Waals surface area contributed by atoms with Crippen LogP contribution in [-0.4, -0.2) is 28.0 Å². The molecule has 2 N–H and O–H groups in total. The summed E-state index contributed by atoms with van der Waals surface area (Å²) in [4.78, 5) is 25.7. The highest BCUT2D eigenvalue weighted by atomic mass is 16.4. The molecule has 0 saturated heterocycles. The second-order valence-corrected chi connectivity index (χ2v) is 3.13. The maximum atomic E-state index is 11.3. The number of carboxylic acid groups (broad SMARTS) is 1. The summed E-state index contributed by atoms with van der Waals surface area (Å²) in [6.07, 6.45) is 1.68. The van der Waals surface area contributed by atoms with E-state index < -0.39 is 12.0 Å². The van der Waals surface area contributed by atoms with Crippen LogP contribution in [0.4, 0.5) is 0 Å². The number of pyridine rings is 1. The number of carbonyl (C=O) groups excluding carboxylic acids is 1. The van der Waals surface area contributed by atoms with Gasteiger partial charge in [0.2, 0.25) is 5.91 Å². The first-order valence-corrected chi connectivity index (χ1v) is 4.51. The number of nitrogens with one attached hydrogen (secondary N) is 1. The first-order valence-electron chi connectivity index (χ1n) is 4.51. The second-order valence-electron chi connectivity index (χ2n) is 3.13. The van der Waals surface area contributed by atoms with Gasteiger partial charge in [-0.2, -0.15) is 0 Å². The quantitative estimate of drug-likeness (QED) is 0.741. The van der Waals surface area contributed by atoms with Gasteiger partial charge in [-0.1, -0.05) is 6.07 Å². The van der Waals surface area contributed by atoms with Crippen molar-refractivity contribution in [3.8, 4) is 0 Å². The Bertz CT molecular complexity index is 351. The average Bonchev–Trinajstić information content (AvgIpc) is 2.18. The molecule has 0 fully saturated rings. The highest BCUT2D eigenvalue weighted by Crippen LogP contribution is 1.95. The zero-order valence-electron chi connectivity index (χ0n) is 8.30. The molecule has 0 aromatic carbocycles. The van der Waals surface area contributed by atoms with Crippen LogP contribution in [0.1, 0.15) is 12.6 Å². The Hall–Kier alpha value is -1.91.